The number of aromatic nitrogens is 1. The van der Waals surface area contributed by atoms with Crippen molar-refractivity contribution in [1.82, 2.24) is 9.80 Å². The van der Waals surface area contributed by atoms with Crippen molar-refractivity contribution in [3.8, 4) is 0 Å². The highest BCUT2D eigenvalue weighted by molar-refractivity contribution is 5.93. The topological polar surface area (TPSA) is 50.5 Å². The average Bonchev–Trinajstić information content (AvgIpc) is 2.75. The molecule has 28 heavy (non-hydrogen) atoms. The Kier molecular flexibility index (Phi) is 5.35. The van der Waals surface area contributed by atoms with Crippen molar-refractivity contribution >= 4 is 5.91 Å². The molecule has 0 N–H and O–H groups in total. The van der Waals surface area contributed by atoms with E-state index in [2.05, 4.69) is 53.4 Å². The highest BCUT2D eigenvalue weighted by Crippen LogP contribution is 2.29. The first kappa shape index (κ1) is 18.2. The van der Waals surface area contributed by atoms with Crippen molar-refractivity contribution in [2.45, 2.75) is 6.04 Å². The third kappa shape index (κ3) is 3.89. The maximum Gasteiger partial charge on any atom is 0.260 e. The third-order valence-corrected chi connectivity index (χ3v) is 5.22. The molecule has 0 bridgehead atoms. The predicted molar refractivity (Wildman–Crippen MR) is 108 cm³/mol. The van der Waals surface area contributed by atoms with Crippen LogP contribution in [0.5, 0.6) is 0 Å². The number of piperazine rings is 1. The summed E-state index contributed by atoms with van der Waals surface area (Å²) in [6.07, 6.45) is 2.73. The minimum Gasteiger partial charge on any atom is -0.619 e. The second-order valence-corrected chi connectivity index (χ2v) is 7.00. The smallest absolute Gasteiger partial charge is 0.260 e. The molecule has 0 aliphatic carbocycles. The van der Waals surface area contributed by atoms with E-state index in [4.69, 9.17) is 0 Å². The minimum atomic E-state index is -0.0826. The van der Waals surface area contributed by atoms with Gasteiger partial charge in [-0.3, -0.25) is 9.69 Å². The van der Waals surface area contributed by atoms with Crippen molar-refractivity contribution in [2.24, 2.45) is 0 Å². The normalized spacial score (nSPS) is 15.0. The van der Waals surface area contributed by atoms with Gasteiger partial charge in [0, 0.05) is 32.2 Å². The average molecular weight is 373 g/mol. The van der Waals surface area contributed by atoms with E-state index in [-0.39, 0.29) is 11.9 Å². The molecular formula is C23H23N3O2. The second kappa shape index (κ2) is 8.23. The van der Waals surface area contributed by atoms with Gasteiger partial charge in [-0.2, -0.15) is 4.73 Å². The molecule has 5 heteroatoms. The van der Waals surface area contributed by atoms with E-state index in [0.717, 1.165) is 13.1 Å². The highest BCUT2D eigenvalue weighted by Gasteiger charge is 2.28. The number of nitrogens with zero attached hydrogens (tertiary/aromatic N) is 3. The lowest BCUT2D eigenvalue weighted by Gasteiger charge is -2.39. The molecular weight excluding hydrogens is 350 g/mol. The Labute approximate surface area is 165 Å². The molecule has 1 saturated heterocycles. The van der Waals surface area contributed by atoms with Crippen molar-refractivity contribution in [3.63, 3.8) is 0 Å². The van der Waals surface area contributed by atoms with E-state index >= 15 is 0 Å². The van der Waals surface area contributed by atoms with Crippen LogP contribution in [0, 0.1) is 5.21 Å². The van der Waals surface area contributed by atoms with Crippen molar-refractivity contribution in [2.75, 3.05) is 26.2 Å². The summed E-state index contributed by atoms with van der Waals surface area (Å²) in [5.74, 6) is -0.0826. The van der Waals surface area contributed by atoms with Crippen LogP contribution >= 0.6 is 0 Å². The van der Waals surface area contributed by atoms with Gasteiger partial charge in [-0.1, -0.05) is 60.7 Å². The first-order chi connectivity index (χ1) is 13.7. The lowest BCUT2D eigenvalue weighted by Crippen LogP contribution is -2.50. The van der Waals surface area contributed by atoms with Gasteiger partial charge in [0.1, 0.15) is 5.56 Å². The number of hydrogen-bond acceptors (Lipinski definition) is 3. The van der Waals surface area contributed by atoms with Crippen LogP contribution < -0.4 is 4.73 Å². The molecule has 1 amide bonds. The van der Waals surface area contributed by atoms with Crippen molar-refractivity contribution in [1.29, 1.82) is 0 Å². The van der Waals surface area contributed by atoms with Crippen LogP contribution in [0.15, 0.2) is 85.2 Å². The number of hydrogen-bond donors (Lipinski definition) is 0. The van der Waals surface area contributed by atoms with Crippen LogP contribution in [0.4, 0.5) is 0 Å². The largest absolute Gasteiger partial charge is 0.619 e. The molecule has 3 aromatic rings. The van der Waals surface area contributed by atoms with Crippen LogP contribution in [0.3, 0.4) is 0 Å². The molecule has 2 heterocycles. The summed E-state index contributed by atoms with van der Waals surface area (Å²) in [6.45, 7) is 2.85. The SMILES string of the molecule is O=C(c1ccc[n+]([O-])c1)N1CCN(C(c2ccccc2)c2ccccc2)CC1. The van der Waals surface area contributed by atoms with Gasteiger partial charge in [0.2, 0.25) is 0 Å². The molecule has 0 atom stereocenters. The fraction of sp³-hybridized carbons (Fsp3) is 0.217. The van der Waals surface area contributed by atoms with E-state index in [1.165, 1.54) is 23.5 Å². The van der Waals surface area contributed by atoms with Gasteiger partial charge in [-0.25, -0.2) is 0 Å². The lowest BCUT2D eigenvalue weighted by molar-refractivity contribution is -0.605. The van der Waals surface area contributed by atoms with Gasteiger partial charge >= 0.3 is 0 Å². The molecule has 4 rings (SSSR count). The number of amides is 1. The number of benzene rings is 2. The molecule has 0 unspecified atom stereocenters. The molecule has 0 spiro atoms. The Morgan fingerprint density at radius 1 is 0.821 bits per heavy atom. The molecule has 142 valence electrons. The summed E-state index contributed by atoms with van der Waals surface area (Å²) in [6, 6.07) is 24.4. The summed E-state index contributed by atoms with van der Waals surface area (Å²) in [5, 5.41) is 11.5. The standard InChI is InChI=1S/C23H23N3O2/c27-23(21-12-7-13-26(28)18-21)25-16-14-24(15-17-25)22(19-8-3-1-4-9-19)20-10-5-2-6-11-20/h1-13,18,22H,14-17H2. The Morgan fingerprint density at radius 2 is 1.39 bits per heavy atom. The first-order valence-corrected chi connectivity index (χ1v) is 9.54. The van der Waals surface area contributed by atoms with Crippen molar-refractivity contribution in [3.05, 3.63) is 107 Å². The van der Waals surface area contributed by atoms with Crippen LogP contribution in [-0.2, 0) is 0 Å². The van der Waals surface area contributed by atoms with Crippen LogP contribution in [0.1, 0.15) is 27.5 Å². The van der Waals surface area contributed by atoms with E-state index in [1.54, 1.807) is 12.1 Å². The van der Waals surface area contributed by atoms with Gasteiger partial charge in [0.15, 0.2) is 12.4 Å². The monoisotopic (exact) mass is 373 g/mol. The minimum absolute atomic E-state index is 0.0826. The summed E-state index contributed by atoms with van der Waals surface area (Å²) in [4.78, 5) is 17.0. The second-order valence-electron chi connectivity index (χ2n) is 7.00. The summed E-state index contributed by atoms with van der Waals surface area (Å²) in [5.41, 5.74) is 2.95. The zero-order chi connectivity index (χ0) is 19.3. The molecule has 1 fully saturated rings. The molecule has 0 saturated carbocycles. The van der Waals surface area contributed by atoms with E-state index in [1.807, 2.05) is 17.0 Å². The third-order valence-electron chi connectivity index (χ3n) is 5.22. The predicted octanol–water partition coefficient (Wildman–Crippen LogP) is 2.87. The Balaban J connectivity index is 1.51. The highest BCUT2D eigenvalue weighted by atomic mass is 16.5. The van der Waals surface area contributed by atoms with Gasteiger partial charge in [0.25, 0.3) is 5.91 Å². The lowest BCUT2D eigenvalue weighted by atomic mass is 9.96. The van der Waals surface area contributed by atoms with Crippen LogP contribution in [0.2, 0.25) is 0 Å². The van der Waals surface area contributed by atoms with E-state index in [0.29, 0.717) is 23.4 Å². The zero-order valence-electron chi connectivity index (χ0n) is 15.6. The maximum absolute atomic E-state index is 12.7. The molecule has 0 radical (unpaired) electrons. The Morgan fingerprint density at radius 3 is 1.93 bits per heavy atom. The fourth-order valence-corrected chi connectivity index (χ4v) is 3.83. The summed E-state index contributed by atoms with van der Waals surface area (Å²) >= 11 is 0. The Bertz CT molecular complexity index is 883. The number of carbonyl (C=O) groups excluding carboxylic acids is 1. The molecule has 1 aliphatic heterocycles. The van der Waals surface area contributed by atoms with Crippen LogP contribution in [0.25, 0.3) is 0 Å². The van der Waals surface area contributed by atoms with E-state index < -0.39 is 0 Å². The fourth-order valence-electron chi connectivity index (χ4n) is 3.83. The quantitative estimate of drug-likeness (QED) is 0.522. The van der Waals surface area contributed by atoms with Gasteiger partial charge < -0.3 is 10.1 Å². The zero-order valence-corrected chi connectivity index (χ0v) is 15.6. The first-order valence-electron chi connectivity index (χ1n) is 9.54. The molecule has 2 aromatic carbocycles. The van der Waals surface area contributed by atoms with Crippen LogP contribution in [-0.4, -0.2) is 41.9 Å². The molecule has 5 nitrogen and oxygen atoms in total. The van der Waals surface area contributed by atoms with E-state index in [9.17, 15) is 10.0 Å². The number of pyridine rings is 1. The number of carbonyl (C=O) groups is 1. The van der Waals surface area contributed by atoms with Gasteiger partial charge in [-0.15, -0.1) is 0 Å². The maximum atomic E-state index is 12.7. The molecule has 1 aliphatic rings. The number of rotatable bonds is 4. The summed E-state index contributed by atoms with van der Waals surface area (Å²) in [7, 11) is 0. The summed E-state index contributed by atoms with van der Waals surface area (Å²) < 4.78 is 0.671. The van der Waals surface area contributed by atoms with Gasteiger partial charge in [0.05, 0.1) is 6.04 Å². The molecule has 1 aromatic heterocycles. The Hall–Kier alpha value is -3.18. The van der Waals surface area contributed by atoms with Crippen molar-refractivity contribution < 1.29 is 9.52 Å². The van der Waals surface area contributed by atoms with Gasteiger partial charge in [-0.05, 0) is 17.2 Å².